The fraction of sp³-hybridized carbons (Fsp3) is 0.143. The first-order chi connectivity index (χ1) is 13.1. The van der Waals surface area contributed by atoms with Gasteiger partial charge < -0.3 is 0 Å². The standard InChI is InChI=1S/C21H18N4O2/c1-14-19(15(2)24(23-14)13-16-8-4-3-5-9-16)12-22-25-20(26)17-10-6-7-11-18(17)21(25)27/h3-12H,13H2,1-2H3. The van der Waals surface area contributed by atoms with Crippen molar-refractivity contribution in [2.45, 2.75) is 20.4 Å². The zero-order chi connectivity index (χ0) is 19.0. The summed E-state index contributed by atoms with van der Waals surface area (Å²) in [6.07, 6.45) is 1.54. The summed E-state index contributed by atoms with van der Waals surface area (Å²) in [4.78, 5) is 24.8. The molecule has 1 aromatic heterocycles. The van der Waals surface area contributed by atoms with Crippen LogP contribution in [0.15, 0.2) is 59.7 Å². The van der Waals surface area contributed by atoms with Crippen molar-refractivity contribution in [2.75, 3.05) is 0 Å². The number of fused-ring (bicyclic) bond motifs is 1. The molecule has 0 saturated heterocycles. The van der Waals surface area contributed by atoms with Gasteiger partial charge in [-0.05, 0) is 31.5 Å². The Labute approximate surface area is 156 Å². The molecule has 0 saturated carbocycles. The molecule has 6 nitrogen and oxygen atoms in total. The predicted molar refractivity (Wildman–Crippen MR) is 102 cm³/mol. The van der Waals surface area contributed by atoms with E-state index in [0.29, 0.717) is 17.7 Å². The Morgan fingerprint density at radius 2 is 1.52 bits per heavy atom. The van der Waals surface area contributed by atoms with E-state index in [1.165, 1.54) is 0 Å². The van der Waals surface area contributed by atoms with Gasteiger partial charge in [0.15, 0.2) is 0 Å². The third-order valence-corrected chi connectivity index (χ3v) is 4.69. The second-order valence-corrected chi connectivity index (χ2v) is 6.44. The van der Waals surface area contributed by atoms with Crippen LogP contribution in [-0.4, -0.2) is 32.8 Å². The van der Waals surface area contributed by atoms with Crippen LogP contribution in [0, 0.1) is 13.8 Å². The summed E-state index contributed by atoms with van der Waals surface area (Å²) in [6.45, 7) is 4.49. The highest BCUT2D eigenvalue weighted by Crippen LogP contribution is 2.23. The molecule has 6 heteroatoms. The van der Waals surface area contributed by atoms with Crippen LogP contribution in [0.25, 0.3) is 0 Å². The monoisotopic (exact) mass is 358 g/mol. The van der Waals surface area contributed by atoms with E-state index >= 15 is 0 Å². The van der Waals surface area contributed by atoms with Crippen molar-refractivity contribution >= 4 is 18.0 Å². The van der Waals surface area contributed by atoms with Crippen LogP contribution in [0.2, 0.25) is 0 Å². The molecular formula is C21H18N4O2. The van der Waals surface area contributed by atoms with Crippen LogP contribution in [0.4, 0.5) is 0 Å². The third-order valence-electron chi connectivity index (χ3n) is 4.69. The molecule has 1 aliphatic rings. The summed E-state index contributed by atoms with van der Waals surface area (Å²) in [5.74, 6) is -0.808. The van der Waals surface area contributed by atoms with Gasteiger partial charge in [-0.15, -0.1) is 0 Å². The predicted octanol–water partition coefficient (Wildman–Crippen LogP) is 3.18. The van der Waals surface area contributed by atoms with Crippen molar-refractivity contribution in [3.05, 3.63) is 88.2 Å². The molecule has 0 spiro atoms. The molecule has 4 rings (SSSR count). The largest absolute Gasteiger partial charge is 0.282 e. The number of hydrazone groups is 1. The first kappa shape index (κ1) is 16.9. The van der Waals surface area contributed by atoms with Crippen molar-refractivity contribution in [2.24, 2.45) is 5.10 Å². The molecule has 2 aromatic carbocycles. The van der Waals surface area contributed by atoms with E-state index < -0.39 is 11.8 Å². The molecule has 0 atom stereocenters. The Hall–Kier alpha value is -3.54. The van der Waals surface area contributed by atoms with E-state index in [4.69, 9.17) is 0 Å². The average molecular weight is 358 g/mol. The average Bonchev–Trinajstić information content (AvgIpc) is 3.08. The quantitative estimate of drug-likeness (QED) is 0.531. The Morgan fingerprint density at radius 3 is 2.15 bits per heavy atom. The van der Waals surface area contributed by atoms with Gasteiger partial charge in [0.1, 0.15) is 0 Å². The smallest absolute Gasteiger partial charge is 0.267 e. The Balaban J connectivity index is 1.60. The van der Waals surface area contributed by atoms with E-state index in [-0.39, 0.29) is 0 Å². The van der Waals surface area contributed by atoms with Gasteiger partial charge in [0.2, 0.25) is 0 Å². The minimum Gasteiger partial charge on any atom is -0.267 e. The normalized spacial score (nSPS) is 13.6. The molecule has 0 unspecified atom stereocenters. The second kappa shape index (κ2) is 6.64. The molecule has 1 aliphatic heterocycles. The van der Waals surface area contributed by atoms with Gasteiger partial charge in [-0.2, -0.15) is 15.2 Å². The fourth-order valence-electron chi connectivity index (χ4n) is 3.20. The number of rotatable bonds is 4. The maximum atomic E-state index is 12.4. The molecule has 0 radical (unpaired) electrons. The number of nitrogens with zero attached hydrogens (tertiary/aromatic N) is 4. The molecule has 2 amide bonds. The summed E-state index contributed by atoms with van der Waals surface area (Å²) in [5, 5.41) is 9.65. The van der Waals surface area contributed by atoms with Crippen molar-refractivity contribution < 1.29 is 9.59 Å². The Bertz CT molecular complexity index is 1030. The topological polar surface area (TPSA) is 67.6 Å². The zero-order valence-corrected chi connectivity index (χ0v) is 15.1. The summed E-state index contributed by atoms with van der Waals surface area (Å²) >= 11 is 0. The summed E-state index contributed by atoms with van der Waals surface area (Å²) < 4.78 is 1.90. The Kier molecular flexibility index (Phi) is 4.16. The van der Waals surface area contributed by atoms with Crippen LogP contribution in [0.5, 0.6) is 0 Å². The van der Waals surface area contributed by atoms with E-state index in [9.17, 15) is 9.59 Å². The Morgan fingerprint density at radius 1 is 0.926 bits per heavy atom. The molecule has 27 heavy (non-hydrogen) atoms. The SMILES string of the molecule is Cc1nn(Cc2ccccc2)c(C)c1C=NN1C(=O)c2ccccc2C1=O. The zero-order valence-electron chi connectivity index (χ0n) is 15.1. The number of aromatic nitrogens is 2. The first-order valence-corrected chi connectivity index (χ1v) is 8.66. The van der Waals surface area contributed by atoms with Crippen LogP contribution in [0.1, 0.15) is 43.2 Å². The highest BCUT2D eigenvalue weighted by atomic mass is 16.2. The van der Waals surface area contributed by atoms with E-state index in [1.807, 2.05) is 48.9 Å². The minimum absolute atomic E-state index is 0.382. The third kappa shape index (κ3) is 2.95. The van der Waals surface area contributed by atoms with Crippen molar-refractivity contribution in [1.29, 1.82) is 0 Å². The van der Waals surface area contributed by atoms with Crippen LogP contribution >= 0.6 is 0 Å². The summed E-state index contributed by atoms with van der Waals surface area (Å²) in [6, 6.07) is 16.8. The number of aryl methyl sites for hydroxylation is 1. The van der Waals surface area contributed by atoms with Crippen molar-refractivity contribution in [3.63, 3.8) is 0 Å². The van der Waals surface area contributed by atoms with Gasteiger partial charge in [-0.3, -0.25) is 14.3 Å². The van der Waals surface area contributed by atoms with E-state index in [2.05, 4.69) is 10.2 Å². The highest BCUT2D eigenvalue weighted by Gasteiger charge is 2.35. The molecule has 0 fully saturated rings. The lowest BCUT2D eigenvalue weighted by Gasteiger charge is -2.06. The number of carbonyl (C=O) groups is 2. The van der Waals surface area contributed by atoms with Crippen LogP contribution < -0.4 is 0 Å². The number of benzene rings is 2. The molecule has 134 valence electrons. The maximum Gasteiger partial charge on any atom is 0.282 e. The summed E-state index contributed by atoms with van der Waals surface area (Å²) in [7, 11) is 0. The molecule has 0 aliphatic carbocycles. The number of hydrogen-bond donors (Lipinski definition) is 0. The lowest BCUT2D eigenvalue weighted by Crippen LogP contribution is -2.24. The van der Waals surface area contributed by atoms with Gasteiger partial charge in [0, 0.05) is 11.3 Å². The van der Waals surface area contributed by atoms with Gasteiger partial charge in [0.05, 0.1) is 29.6 Å². The van der Waals surface area contributed by atoms with Crippen LogP contribution in [0.3, 0.4) is 0 Å². The van der Waals surface area contributed by atoms with Gasteiger partial charge >= 0.3 is 0 Å². The molecule has 0 bridgehead atoms. The number of carbonyl (C=O) groups excluding carboxylic acids is 2. The first-order valence-electron chi connectivity index (χ1n) is 8.66. The van der Waals surface area contributed by atoms with Crippen LogP contribution in [-0.2, 0) is 6.54 Å². The molecule has 0 N–H and O–H groups in total. The molecular weight excluding hydrogens is 340 g/mol. The molecule has 3 aromatic rings. The second-order valence-electron chi connectivity index (χ2n) is 6.44. The van der Waals surface area contributed by atoms with Crippen molar-refractivity contribution in [3.8, 4) is 0 Å². The summed E-state index contributed by atoms with van der Waals surface area (Å²) in [5.41, 5.74) is 4.44. The number of amides is 2. The molecule has 2 heterocycles. The fourth-order valence-corrected chi connectivity index (χ4v) is 3.20. The lowest BCUT2D eigenvalue weighted by atomic mass is 10.1. The van der Waals surface area contributed by atoms with E-state index in [1.54, 1.807) is 30.5 Å². The van der Waals surface area contributed by atoms with E-state index in [0.717, 1.165) is 27.5 Å². The number of hydrogen-bond acceptors (Lipinski definition) is 4. The number of imide groups is 1. The van der Waals surface area contributed by atoms with Gasteiger partial charge in [-0.1, -0.05) is 42.5 Å². The lowest BCUT2D eigenvalue weighted by molar-refractivity contribution is 0.0660. The van der Waals surface area contributed by atoms with Crippen molar-refractivity contribution in [1.82, 2.24) is 14.8 Å². The van der Waals surface area contributed by atoms with Gasteiger partial charge in [0.25, 0.3) is 11.8 Å². The minimum atomic E-state index is -0.404. The maximum absolute atomic E-state index is 12.4. The van der Waals surface area contributed by atoms with Gasteiger partial charge in [-0.25, -0.2) is 0 Å². The highest BCUT2D eigenvalue weighted by molar-refractivity contribution is 6.21.